The third-order valence-electron chi connectivity index (χ3n) is 6.57. The number of nitrogens with zero attached hydrogens (tertiary/aromatic N) is 2. The Labute approximate surface area is 202 Å². The van der Waals surface area contributed by atoms with Crippen LogP contribution in [0.15, 0.2) is 12.3 Å². The fraction of sp³-hybridized carbons (Fsp3) is 0.840. The highest BCUT2D eigenvalue weighted by atomic mass is 16.6. The van der Waals surface area contributed by atoms with E-state index < -0.39 is 0 Å². The predicted octanol–water partition coefficient (Wildman–Crippen LogP) is 3.32. The lowest BCUT2D eigenvalue weighted by molar-refractivity contribution is -0.135. The number of unbranched alkanes of at least 4 members (excludes halogenated alkanes) is 2. The summed E-state index contributed by atoms with van der Waals surface area (Å²) >= 11 is 0. The molecule has 8 nitrogen and oxygen atoms in total. The van der Waals surface area contributed by atoms with Crippen molar-refractivity contribution in [3.8, 4) is 0 Å². The Morgan fingerprint density at radius 1 is 1.00 bits per heavy atom. The smallest absolute Gasteiger partial charge is 0.241 e. The molecular formula is C25H50N4O4. The van der Waals surface area contributed by atoms with Gasteiger partial charge in [0.1, 0.15) is 0 Å². The molecule has 0 spiro atoms. The maximum absolute atomic E-state index is 13.0. The van der Waals surface area contributed by atoms with Crippen molar-refractivity contribution < 1.29 is 19.2 Å². The lowest BCUT2D eigenvalue weighted by atomic mass is 9.91. The lowest BCUT2D eigenvalue weighted by Crippen LogP contribution is -2.52. The first-order valence-electron chi connectivity index (χ1n) is 12.4. The van der Waals surface area contributed by atoms with Crippen LogP contribution in [0.5, 0.6) is 0 Å². The number of carbonyl (C=O) groups is 2. The van der Waals surface area contributed by atoms with E-state index in [1.165, 1.54) is 0 Å². The number of likely N-dealkylation sites (N-methyl/N-ethyl adjacent to an activating group) is 2. The molecule has 4 unspecified atom stereocenters. The number of carbonyl (C=O) groups excluding carboxylic acids is 2. The minimum Gasteiger partial charge on any atom is -0.379 e. The highest BCUT2D eigenvalue weighted by molar-refractivity contribution is 5.79. The molecule has 4 atom stereocenters. The fourth-order valence-corrected chi connectivity index (χ4v) is 4.42. The van der Waals surface area contributed by atoms with Crippen molar-refractivity contribution in [2.45, 2.75) is 91.3 Å². The molecule has 0 fully saturated rings. The quantitative estimate of drug-likeness (QED) is 0.236. The Kier molecular flexibility index (Phi) is 16.1. The van der Waals surface area contributed by atoms with Crippen molar-refractivity contribution >= 4 is 11.8 Å². The first-order chi connectivity index (χ1) is 15.6. The summed E-state index contributed by atoms with van der Waals surface area (Å²) in [6, 6.07) is -0.196. The number of ether oxygens (including phenoxy) is 1. The molecule has 0 aliphatic carbocycles. The second-order valence-corrected chi connectivity index (χ2v) is 9.32. The number of nitrogens with one attached hydrogen (secondary N) is 1. The zero-order chi connectivity index (χ0) is 25.6. The topological polar surface area (TPSA) is 97.1 Å². The van der Waals surface area contributed by atoms with E-state index in [0.717, 1.165) is 32.1 Å². The molecule has 0 aliphatic heterocycles. The number of amides is 2. The molecule has 0 heterocycles. The fourth-order valence-electron chi connectivity index (χ4n) is 4.42. The van der Waals surface area contributed by atoms with Crippen LogP contribution in [0, 0.1) is 11.8 Å². The average Bonchev–Trinajstić information content (AvgIpc) is 2.79. The molecule has 0 aliphatic rings. The minimum atomic E-state index is -0.198. The molecular weight excluding hydrogens is 420 g/mol. The van der Waals surface area contributed by atoms with Crippen LogP contribution in [0.4, 0.5) is 0 Å². The molecule has 0 aromatic heterocycles. The van der Waals surface area contributed by atoms with E-state index in [2.05, 4.69) is 51.4 Å². The molecule has 0 saturated heterocycles. The lowest BCUT2D eigenvalue weighted by Gasteiger charge is -2.38. The minimum absolute atomic E-state index is 0.00221. The Morgan fingerprint density at radius 3 is 2.12 bits per heavy atom. The predicted molar refractivity (Wildman–Crippen MR) is 134 cm³/mol. The van der Waals surface area contributed by atoms with Crippen LogP contribution >= 0.6 is 0 Å². The summed E-state index contributed by atoms with van der Waals surface area (Å²) in [5.41, 5.74) is 0.679. The van der Waals surface area contributed by atoms with Gasteiger partial charge in [0, 0.05) is 33.3 Å². The summed E-state index contributed by atoms with van der Waals surface area (Å²) in [4.78, 5) is 33.9. The molecule has 3 N–H and O–H groups in total. The highest BCUT2D eigenvalue weighted by Crippen LogP contribution is 2.22. The Balaban J connectivity index is 5.05. The van der Waals surface area contributed by atoms with E-state index in [4.69, 9.17) is 10.6 Å². The molecule has 0 aromatic carbocycles. The molecule has 0 aromatic rings. The van der Waals surface area contributed by atoms with Gasteiger partial charge < -0.3 is 24.7 Å². The molecule has 0 rings (SSSR count). The van der Waals surface area contributed by atoms with Gasteiger partial charge in [-0.1, -0.05) is 54.0 Å². The third kappa shape index (κ3) is 10.4. The zero-order valence-corrected chi connectivity index (χ0v) is 22.4. The first kappa shape index (κ1) is 31.4. The summed E-state index contributed by atoms with van der Waals surface area (Å²) in [6.07, 6.45) is 4.77. The molecule has 0 radical (unpaired) electrons. The van der Waals surface area contributed by atoms with E-state index in [1.54, 1.807) is 24.0 Å². The van der Waals surface area contributed by atoms with Gasteiger partial charge in [0.05, 0.1) is 31.3 Å². The number of hydrogen-bond acceptors (Lipinski definition) is 6. The van der Waals surface area contributed by atoms with Gasteiger partial charge in [-0.15, -0.1) is 0 Å². The summed E-state index contributed by atoms with van der Waals surface area (Å²) in [5, 5.41) is 3.20. The largest absolute Gasteiger partial charge is 0.379 e. The average molecular weight is 471 g/mol. The van der Waals surface area contributed by atoms with Crippen LogP contribution in [-0.4, -0.2) is 74.2 Å². The van der Waals surface area contributed by atoms with Crippen LogP contribution in [-0.2, 0) is 19.2 Å². The van der Waals surface area contributed by atoms with E-state index in [-0.39, 0.29) is 42.5 Å². The van der Waals surface area contributed by atoms with Crippen molar-refractivity contribution in [1.82, 2.24) is 15.1 Å². The second-order valence-electron chi connectivity index (χ2n) is 9.32. The van der Waals surface area contributed by atoms with E-state index >= 15 is 0 Å². The Bertz CT molecular complexity index is 581. The van der Waals surface area contributed by atoms with Gasteiger partial charge >= 0.3 is 0 Å². The second kappa shape index (κ2) is 16.9. The molecule has 33 heavy (non-hydrogen) atoms. The van der Waals surface area contributed by atoms with Gasteiger partial charge in [-0.2, -0.15) is 0 Å². The normalized spacial score (nSPS) is 15.0. The number of hydrogen-bond donors (Lipinski definition) is 2. The standard InChI is InChI=1S/C25H50N4O4/c1-10-19(5)25(21(11-2)32-9)29(8)23(31)17-27-20(6)24(18(3)4)28(7)22(30)15-13-12-14-16-33-26/h18-19,21,24-25,27H,6,10-17,26H2,1-5,7-9H3. The highest BCUT2D eigenvalue weighted by Gasteiger charge is 2.32. The number of nitrogens with two attached hydrogens (primary N) is 1. The summed E-state index contributed by atoms with van der Waals surface area (Å²) in [6.45, 7) is 15.3. The van der Waals surface area contributed by atoms with Crippen LogP contribution in [0.1, 0.15) is 73.1 Å². The number of rotatable bonds is 18. The van der Waals surface area contributed by atoms with Gasteiger partial charge in [-0.3, -0.25) is 9.59 Å². The van der Waals surface area contributed by atoms with Gasteiger partial charge in [-0.05, 0) is 31.1 Å². The van der Waals surface area contributed by atoms with Crippen molar-refractivity contribution in [2.24, 2.45) is 17.7 Å². The monoisotopic (exact) mass is 470 g/mol. The maximum Gasteiger partial charge on any atom is 0.241 e. The molecule has 194 valence electrons. The van der Waals surface area contributed by atoms with Crippen LogP contribution in [0.2, 0.25) is 0 Å². The van der Waals surface area contributed by atoms with Crippen molar-refractivity contribution in [2.75, 3.05) is 34.4 Å². The maximum atomic E-state index is 13.0. The Hall–Kier alpha value is -1.64. The SMILES string of the molecule is C=C(NCC(=O)N(C)C(C(C)CC)C(CC)OC)C(C(C)C)N(C)C(=O)CCCCCON. The van der Waals surface area contributed by atoms with Crippen molar-refractivity contribution in [1.29, 1.82) is 0 Å². The molecule has 0 saturated carbocycles. The van der Waals surface area contributed by atoms with Gasteiger partial charge in [-0.25, -0.2) is 5.90 Å². The number of methoxy groups -OCH3 is 1. The zero-order valence-electron chi connectivity index (χ0n) is 22.4. The van der Waals surface area contributed by atoms with Crippen LogP contribution in [0.3, 0.4) is 0 Å². The van der Waals surface area contributed by atoms with Crippen molar-refractivity contribution in [3.05, 3.63) is 12.3 Å². The molecule has 0 bridgehead atoms. The van der Waals surface area contributed by atoms with E-state index in [1.807, 2.05) is 7.05 Å². The molecule has 2 amide bonds. The Morgan fingerprint density at radius 2 is 1.64 bits per heavy atom. The van der Waals surface area contributed by atoms with Crippen molar-refractivity contribution in [3.63, 3.8) is 0 Å². The van der Waals surface area contributed by atoms with Crippen LogP contribution < -0.4 is 11.2 Å². The third-order valence-corrected chi connectivity index (χ3v) is 6.57. The van der Waals surface area contributed by atoms with Gasteiger partial charge in [0.2, 0.25) is 11.8 Å². The molecule has 8 heteroatoms. The first-order valence-corrected chi connectivity index (χ1v) is 12.4. The summed E-state index contributed by atoms with van der Waals surface area (Å²) in [5.74, 6) is 5.55. The van der Waals surface area contributed by atoms with Crippen LogP contribution in [0.25, 0.3) is 0 Å². The van der Waals surface area contributed by atoms with E-state index in [9.17, 15) is 9.59 Å². The van der Waals surface area contributed by atoms with Gasteiger partial charge in [0.15, 0.2) is 0 Å². The van der Waals surface area contributed by atoms with E-state index in [0.29, 0.717) is 24.6 Å². The van der Waals surface area contributed by atoms with Gasteiger partial charge in [0.25, 0.3) is 0 Å². The summed E-state index contributed by atoms with van der Waals surface area (Å²) < 4.78 is 5.67. The summed E-state index contributed by atoms with van der Waals surface area (Å²) in [7, 11) is 5.35.